The third-order valence-electron chi connectivity index (χ3n) is 6.70. The zero-order valence-electron chi connectivity index (χ0n) is 24.1. The van der Waals surface area contributed by atoms with Crippen LogP contribution in [0.4, 0.5) is 0 Å². The summed E-state index contributed by atoms with van der Waals surface area (Å²) >= 11 is 23.6. The first-order valence-corrected chi connectivity index (χ1v) is 20.8. The standard InChI is InChI=1S/C29H26Cl4N2O8S4/c30-22-4-12-26(13-5-22)44(36,37)34(45(38,39)27-14-6-23(31)7-15-27)20-2-1-3-21-35(46(40,41)28-16-8-24(32)9-17-28)47(42,43)29-18-10-25(33)11-19-29/h4-19H,1-3,20-21H2. The highest BCUT2D eigenvalue weighted by Crippen LogP contribution is 2.29. The van der Waals surface area contributed by atoms with E-state index in [1.165, 1.54) is 97.1 Å². The second kappa shape index (κ2) is 15.1. The normalized spacial score (nSPS) is 12.9. The van der Waals surface area contributed by atoms with Crippen LogP contribution in [0.1, 0.15) is 19.3 Å². The van der Waals surface area contributed by atoms with Gasteiger partial charge in [0.05, 0.1) is 19.6 Å². The zero-order chi connectivity index (χ0) is 34.6. The van der Waals surface area contributed by atoms with Crippen LogP contribution in [0.15, 0.2) is 117 Å². The Kier molecular flexibility index (Phi) is 12.1. The molecule has 0 aromatic heterocycles. The van der Waals surface area contributed by atoms with Gasteiger partial charge in [-0.25, -0.2) is 33.7 Å². The highest BCUT2D eigenvalue weighted by molar-refractivity contribution is 8.04. The third kappa shape index (κ3) is 8.68. The molecular formula is C29H26Cl4N2O8S4. The molecule has 0 radical (unpaired) electrons. The fraction of sp³-hybridized carbons (Fsp3) is 0.172. The molecule has 10 nitrogen and oxygen atoms in total. The molecule has 4 rings (SSSR count). The Morgan fingerprint density at radius 3 is 0.723 bits per heavy atom. The number of nitrogens with zero attached hydrogens (tertiary/aromatic N) is 2. The van der Waals surface area contributed by atoms with E-state index < -0.39 is 53.2 Å². The largest absolute Gasteiger partial charge is 0.256 e. The number of rotatable bonds is 14. The molecule has 0 aliphatic carbocycles. The maximum Gasteiger partial charge on any atom is 0.256 e. The quantitative estimate of drug-likeness (QED) is 0.125. The molecular weight excluding hydrogens is 774 g/mol. The van der Waals surface area contributed by atoms with Crippen molar-refractivity contribution in [1.82, 2.24) is 7.42 Å². The molecule has 0 saturated carbocycles. The summed E-state index contributed by atoms with van der Waals surface area (Å²) in [5.74, 6) is 0. The minimum absolute atomic E-state index is 0.0333. The molecule has 18 heteroatoms. The van der Waals surface area contributed by atoms with Crippen LogP contribution in [0, 0.1) is 0 Å². The molecule has 4 aromatic rings. The molecule has 0 heterocycles. The highest BCUT2D eigenvalue weighted by atomic mass is 35.5. The summed E-state index contributed by atoms with van der Waals surface area (Å²) in [6, 6.07) is 19.8. The van der Waals surface area contributed by atoms with Crippen molar-refractivity contribution in [2.45, 2.75) is 38.8 Å². The molecule has 0 spiro atoms. The van der Waals surface area contributed by atoms with Gasteiger partial charge in [0.15, 0.2) is 0 Å². The summed E-state index contributed by atoms with van der Waals surface area (Å²) in [7, 11) is -18.5. The maximum absolute atomic E-state index is 13.6. The number of unbranched alkanes of at least 4 members (excludes halogenated alkanes) is 2. The molecule has 4 aromatic carbocycles. The summed E-state index contributed by atoms with van der Waals surface area (Å²) in [5.41, 5.74) is 0. The Morgan fingerprint density at radius 1 is 0.340 bits per heavy atom. The summed E-state index contributed by atoms with van der Waals surface area (Å²) < 4.78 is 110. The molecule has 0 aliphatic rings. The molecule has 47 heavy (non-hydrogen) atoms. The first kappa shape index (κ1) is 37.6. The van der Waals surface area contributed by atoms with Gasteiger partial charge in [-0.1, -0.05) is 60.2 Å². The summed E-state index contributed by atoms with van der Waals surface area (Å²) in [6.07, 6.45) is -0.142. The number of benzene rings is 4. The summed E-state index contributed by atoms with van der Waals surface area (Å²) in [4.78, 5) is -1.30. The molecule has 0 fully saturated rings. The topological polar surface area (TPSA) is 143 Å². The fourth-order valence-electron chi connectivity index (χ4n) is 4.29. The van der Waals surface area contributed by atoms with Gasteiger partial charge in [-0.2, -0.15) is 0 Å². The average Bonchev–Trinajstić information content (AvgIpc) is 3.01. The van der Waals surface area contributed by atoms with E-state index in [1.54, 1.807) is 0 Å². The lowest BCUT2D eigenvalue weighted by Crippen LogP contribution is -2.38. The van der Waals surface area contributed by atoms with Crippen LogP contribution in [0.3, 0.4) is 0 Å². The van der Waals surface area contributed by atoms with E-state index in [1.807, 2.05) is 0 Å². The van der Waals surface area contributed by atoms with Crippen molar-refractivity contribution in [2.75, 3.05) is 13.1 Å². The van der Waals surface area contributed by atoms with Crippen molar-refractivity contribution in [3.63, 3.8) is 0 Å². The molecule has 0 unspecified atom stereocenters. The SMILES string of the molecule is O=S(=O)(c1ccc(Cl)cc1)N(CCCCCN(S(=O)(=O)c1ccc(Cl)cc1)S(=O)(=O)c1ccc(Cl)cc1)S(=O)(=O)c1ccc(Cl)cc1. The van der Waals surface area contributed by atoms with Gasteiger partial charge in [0, 0.05) is 33.2 Å². The highest BCUT2D eigenvalue weighted by Gasteiger charge is 2.38. The molecule has 0 atom stereocenters. The lowest BCUT2D eigenvalue weighted by atomic mass is 10.2. The molecule has 252 valence electrons. The smallest absolute Gasteiger partial charge is 0.206 e. The van der Waals surface area contributed by atoms with Crippen molar-refractivity contribution in [3.8, 4) is 0 Å². The van der Waals surface area contributed by atoms with Crippen molar-refractivity contribution >= 4 is 86.5 Å². The van der Waals surface area contributed by atoms with Gasteiger partial charge in [-0.3, -0.25) is 0 Å². The van der Waals surface area contributed by atoms with Crippen LogP contribution >= 0.6 is 46.4 Å². The van der Waals surface area contributed by atoms with Crippen LogP contribution in [0.2, 0.25) is 20.1 Å². The molecule has 0 saturated heterocycles. The Balaban J connectivity index is 1.61. The van der Waals surface area contributed by atoms with Crippen molar-refractivity contribution < 1.29 is 33.7 Å². The van der Waals surface area contributed by atoms with Gasteiger partial charge in [0.1, 0.15) is 0 Å². The predicted octanol–water partition coefficient (Wildman–Crippen LogP) is 6.93. The Morgan fingerprint density at radius 2 is 0.532 bits per heavy atom. The first-order chi connectivity index (χ1) is 22.0. The lowest BCUT2D eigenvalue weighted by molar-refractivity contribution is 0.466. The third-order valence-corrected chi connectivity index (χ3v) is 16.4. The maximum atomic E-state index is 13.6. The van der Waals surface area contributed by atoms with Crippen LogP contribution in [-0.4, -0.2) is 54.2 Å². The first-order valence-electron chi connectivity index (χ1n) is 13.6. The number of halogens is 4. The molecule has 0 N–H and O–H groups in total. The second-order valence-electron chi connectivity index (χ2n) is 9.89. The Labute approximate surface area is 294 Å². The van der Waals surface area contributed by atoms with Crippen molar-refractivity contribution in [3.05, 3.63) is 117 Å². The number of hydrogen-bond acceptors (Lipinski definition) is 8. The van der Waals surface area contributed by atoms with Gasteiger partial charge in [0.25, 0.3) is 40.1 Å². The monoisotopic (exact) mass is 798 g/mol. The van der Waals surface area contributed by atoms with E-state index >= 15 is 0 Å². The summed E-state index contributed by atoms with van der Waals surface area (Å²) in [5, 5.41) is 0.955. The minimum atomic E-state index is -4.63. The van der Waals surface area contributed by atoms with Gasteiger partial charge in [0.2, 0.25) is 0 Å². The molecule has 0 bridgehead atoms. The van der Waals surface area contributed by atoms with E-state index in [0.717, 1.165) is 0 Å². The lowest BCUT2D eigenvalue weighted by Gasteiger charge is -2.23. The molecule has 0 aliphatic heterocycles. The summed E-state index contributed by atoms with van der Waals surface area (Å²) in [6.45, 7) is -1.08. The number of hydrogen-bond donors (Lipinski definition) is 0. The number of sulfonamides is 4. The van der Waals surface area contributed by atoms with Gasteiger partial charge >= 0.3 is 0 Å². The van der Waals surface area contributed by atoms with E-state index in [0.29, 0.717) is 7.42 Å². The van der Waals surface area contributed by atoms with E-state index in [2.05, 4.69) is 0 Å². The van der Waals surface area contributed by atoms with E-state index in [9.17, 15) is 33.7 Å². The van der Waals surface area contributed by atoms with E-state index in [-0.39, 0.29) is 58.9 Å². The van der Waals surface area contributed by atoms with Crippen molar-refractivity contribution in [2.24, 2.45) is 0 Å². The van der Waals surface area contributed by atoms with Crippen LogP contribution < -0.4 is 0 Å². The Bertz CT molecular complexity index is 1840. The van der Waals surface area contributed by atoms with E-state index in [4.69, 9.17) is 46.4 Å². The van der Waals surface area contributed by atoms with Gasteiger partial charge in [-0.15, -0.1) is 0 Å². The van der Waals surface area contributed by atoms with Crippen molar-refractivity contribution in [1.29, 1.82) is 0 Å². The molecule has 0 amide bonds. The predicted molar refractivity (Wildman–Crippen MR) is 182 cm³/mol. The van der Waals surface area contributed by atoms with Crippen LogP contribution in [0.5, 0.6) is 0 Å². The fourth-order valence-corrected chi connectivity index (χ4v) is 12.2. The van der Waals surface area contributed by atoms with Crippen LogP contribution in [-0.2, 0) is 40.1 Å². The minimum Gasteiger partial charge on any atom is -0.206 e. The van der Waals surface area contributed by atoms with Gasteiger partial charge < -0.3 is 0 Å². The zero-order valence-corrected chi connectivity index (χ0v) is 30.4. The van der Waals surface area contributed by atoms with Gasteiger partial charge in [-0.05, 0) is 110 Å². The average molecular weight is 801 g/mol. The Hall–Kier alpha value is -2.24. The second-order valence-corrected chi connectivity index (χ2v) is 19.5. The van der Waals surface area contributed by atoms with Crippen LogP contribution in [0.25, 0.3) is 0 Å².